The number of imidazole rings is 1. The summed E-state index contributed by atoms with van der Waals surface area (Å²) in [5.41, 5.74) is 1.99. The van der Waals surface area contributed by atoms with Crippen molar-refractivity contribution in [3.63, 3.8) is 0 Å². The van der Waals surface area contributed by atoms with E-state index in [4.69, 9.17) is 0 Å². The fourth-order valence-corrected chi connectivity index (χ4v) is 3.43. The van der Waals surface area contributed by atoms with Crippen LogP contribution < -0.4 is 10.2 Å². The summed E-state index contributed by atoms with van der Waals surface area (Å²) in [6.07, 6.45) is 3.84. The number of hydrogen-bond donors (Lipinski definition) is 2. The van der Waals surface area contributed by atoms with E-state index in [9.17, 15) is 10.1 Å². The lowest BCUT2D eigenvalue weighted by Gasteiger charge is -2.17. The summed E-state index contributed by atoms with van der Waals surface area (Å²) < 4.78 is 0. The first kappa shape index (κ1) is 17.3. The molecule has 2 aromatic heterocycles. The minimum atomic E-state index is -0.387. The number of aryl methyl sites for hydroxylation is 1. The lowest BCUT2D eigenvalue weighted by molar-refractivity contribution is -0.384. The van der Waals surface area contributed by atoms with E-state index in [0.29, 0.717) is 12.4 Å². The molecule has 0 atom stereocenters. The third-order valence-corrected chi connectivity index (χ3v) is 4.81. The normalized spacial score (nSPS) is 14.0. The maximum absolute atomic E-state index is 11.3. The average molecular weight is 366 g/mol. The molecular weight excluding hydrogens is 344 g/mol. The van der Waals surface area contributed by atoms with Crippen molar-refractivity contribution in [2.24, 2.45) is 0 Å². The van der Waals surface area contributed by atoms with E-state index >= 15 is 0 Å². The number of nitrogens with zero attached hydrogens (tertiary/aromatic N) is 4. The minimum absolute atomic E-state index is 0.0154. The molecule has 0 spiro atoms. The Labute approximate surface area is 156 Å². The van der Waals surface area contributed by atoms with Gasteiger partial charge in [0.1, 0.15) is 11.6 Å². The highest BCUT2D eigenvalue weighted by atomic mass is 16.6. The number of fused-ring (bicyclic) bond motifs is 1. The topological polar surface area (TPSA) is 100.0 Å². The van der Waals surface area contributed by atoms with Crippen LogP contribution in [0.4, 0.5) is 17.3 Å². The molecule has 0 aliphatic carbocycles. The molecule has 2 N–H and O–H groups in total. The molecule has 0 amide bonds. The molecule has 0 radical (unpaired) electrons. The van der Waals surface area contributed by atoms with Crippen molar-refractivity contribution in [3.8, 4) is 0 Å². The van der Waals surface area contributed by atoms with Crippen LogP contribution in [-0.4, -0.2) is 39.5 Å². The second-order valence-corrected chi connectivity index (χ2v) is 6.72. The number of anilines is 2. The number of hydrogen-bond acceptors (Lipinski definition) is 6. The molecule has 1 aliphatic heterocycles. The summed E-state index contributed by atoms with van der Waals surface area (Å²) in [6.45, 7) is 2.50. The number of aromatic nitrogens is 3. The van der Waals surface area contributed by atoms with Crippen molar-refractivity contribution in [2.75, 3.05) is 29.9 Å². The predicted octanol–water partition coefficient (Wildman–Crippen LogP) is 3.51. The number of nitrogens with one attached hydrogen (secondary N) is 2. The minimum Gasteiger partial charge on any atom is -0.364 e. The molecule has 27 heavy (non-hydrogen) atoms. The van der Waals surface area contributed by atoms with E-state index in [1.54, 1.807) is 12.1 Å². The fraction of sp³-hybridized carbons (Fsp3) is 0.368. The van der Waals surface area contributed by atoms with Crippen LogP contribution in [0.5, 0.6) is 0 Å². The van der Waals surface area contributed by atoms with Gasteiger partial charge in [0.15, 0.2) is 0 Å². The van der Waals surface area contributed by atoms with Crippen molar-refractivity contribution in [3.05, 3.63) is 52.3 Å². The maximum atomic E-state index is 11.3. The average Bonchev–Trinajstić information content (AvgIpc) is 3.34. The molecular formula is C19H22N6O2. The summed E-state index contributed by atoms with van der Waals surface area (Å²) >= 11 is 0. The number of rotatable bonds is 7. The Hall–Kier alpha value is -3.16. The summed E-state index contributed by atoms with van der Waals surface area (Å²) in [6, 6.07) is 11.2. The molecule has 8 heteroatoms. The van der Waals surface area contributed by atoms with Crippen molar-refractivity contribution in [1.29, 1.82) is 0 Å². The van der Waals surface area contributed by atoms with Crippen LogP contribution in [0.25, 0.3) is 11.0 Å². The molecule has 3 heterocycles. The van der Waals surface area contributed by atoms with Crippen LogP contribution in [0.2, 0.25) is 0 Å². The van der Waals surface area contributed by atoms with Gasteiger partial charge in [-0.15, -0.1) is 0 Å². The van der Waals surface area contributed by atoms with Gasteiger partial charge in [-0.05, 0) is 37.5 Å². The monoisotopic (exact) mass is 366 g/mol. The second-order valence-electron chi connectivity index (χ2n) is 6.72. The molecule has 0 saturated carbocycles. The Morgan fingerprint density at radius 1 is 1.15 bits per heavy atom. The predicted molar refractivity (Wildman–Crippen MR) is 105 cm³/mol. The third kappa shape index (κ3) is 3.84. The van der Waals surface area contributed by atoms with Crippen molar-refractivity contribution in [2.45, 2.75) is 25.7 Å². The van der Waals surface area contributed by atoms with Crippen molar-refractivity contribution in [1.82, 2.24) is 15.0 Å². The van der Waals surface area contributed by atoms with E-state index in [1.807, 2.05) is 24.3 Å². The SMILES string of the molecule is O=[N+]([O-])c1ccc(N2CCCC2)nc1NCCCc1nc2ccccc2[nH]1. The smallest absolute Gasteiger partial charge is 0.311 e. The first-order chi connectivity index (χ1) is 13.2. The van der Waals surface area contributed by atoms with Crippen LogP contribution in [0.15, 0.2) is 36.4 Å². The first-order valence-electron chi connectivity index (χ1n) is 9.28. The van der Waals surface area contributed by atoms with Crippen LogP contribution in [-0.2, 0) is 6.42 Å². The van der Waals surface area contributed by atoms with Gasteiger partial charge in [0.05, 0.1) is 16.0 Å². The zero-order chi connectivity index (χ0) is 18.6. The van der Waals surface area contributed by atoms with Gasteiger partial charge in [-0.25, -0.2) is 9.97 Å². The van der Waals surface area contributed by atoms with Gasteiger partial charge in [0.25, 0.3) is 0 Å². The van der Waals surface area contributed by atoms with E-state index in [1.165, 1.54) is 0 Å². The number of benzene rings is 1. The van der Waals surface area contributed by atoms with Crippen LogP contribution in [0, 0.1) is 10.1 Å². The lowest BCUT2D eigenvalue weighted by atomic mass is 10.3. The van der Waals surface area contributed by atoms with Crippen LogP contribution >= 0.6 is 0 Å². The quantitative estimate of drug-likeness (QED) is 0.377. The molecule has 3 aromatic rings. The number of pyridine rings is 1. The third-order valence-electron chi connectivity index (χ3n) is 4.81. The highest BCUT2D eigenvalue weighted by molar-refractivity contribution is 5.74. The Kier molecular flexibility index (Phi) is 4.86. The molecule has 140 valence electrons. The largest absolute Gasteiger partial charge is 0.364 e. The van der Waals surface area contributed by atoms with Gasteiger partial charge < -0.3 is 15.2 Å². The molecule has 1 saturated heterocycles. The molecule has 0 bridgehead atoms. The molecule has 1 aromatic carbocycles. The number of aromatic amines is 1. The number of para-hydroxylation sites is 2. The zero-order valence-electron chi connectivity index (χ0n) is 15.0. The summed E-state index contributed by atoms with van der Waals surface area (Å²) in [5, 5.41) is 14.4. The summed E-state index contributed by atoms with van der Waals surface area (Å²) in [4.78, 5) is 25.4. The van der Waals surface area contributed by atoms with Gasteiger partial charge >= 0.3 is 5.69 Å². The Balaban J connectivity index is 1.40. The van der Waals surface area contributed by atoms with Crippen LogP contribution in [0.1, 0.15) is 25.1 Å². The van der Waals surface area contributed by atoms with Gasteiger partial charge in [-0.3, -0.25) is 10.1 Å². The Bertz CT molecular complexity index is 915. The highest BCUT2D eigenvalue weighted by Crippen LogP contribution is 2.27. The van der Waals surface area contributed by atoms with Crippen LogP contribution in [0.3, 0.4) is 0 Å². The Morgan fingerprint density at radius 2 is 1.96 bits per heavy atom. The van der Waals surface area contributed by atoms with E-state index in [2.05, 4.69) is 25.2 Å². The lowest BCUT2D eigenvalue weighted by Crippen LogP contribution is -2.19. The van der Waals surface area contributed by atoms with E-state index in [0.717, 1.165) is 61.4 Å². The molecule has 1 fully saturated rings. The summed E-state index contributed by atoms with van der Waals surface area (Å²) in [5.74, 6) is 2.07. The van der Waals surface area contributed by atoms with Crippen molar-refractivity contribution < 1.29 is 4.92 Å². The summed E-state index contributed by atoms with van der Waals surface area (Å²) in [7, 11) is 0. The highest BCUT2D eigenvalue weighted by Gasteiger charge is 2.20. The molecule has 0 unspecified atom stereocenters. The second kappa shape index (κ2) is 7.61. The first-order valence-corrected chi connectivity index (χ1v) is 9.28. The van der Waals surface area contributed by atoms with Gasteiger partial charge in [0, 0.05) is 32.1 Å². The molecule has 8 nitrogen and oxygen atoms in total. The zero-order valence-corrected chi connectivity index (χ0v) is 15.0. The van der Waals surface area contributed by atoms with E-state index < -0.39 is 0 Å². The number of H-pyrrole nitrogens is 1. The van der Waals surface area contributed by atoms with Gasteiger partial charge in [-0.2, -0.15) is 0 Å². The van der Waals surface area contributed by atoms with Gasteiger partial charge in [-0.1, -0.05) is 12.1 Å². The molecule has 4 rings (SSSR count). The Morgan fingerprint density at radius 3 is 2.74 bits per heavy atom. The number of nitro groups is 1. The van der Waals surface area contributed by atoms with E-state index in [-0.39, 0.29) is 10.6 Å². The van der Waals surface area contributed by atoms with Gasteiger partial charge in [0.2, 0.25) is 5.82 Å². The standard InChI is InChI=1S/C19H22N6O2/c26-25(27)16-9-10-18(24-12-3-4-13-24)23-19(16)20-11-5-8-17-21-14-6-1-2-7-15(14)22-17/h1-2,6-7,9-10H,3-5,8,11-13H2,(H,20,23)(H,21,22). The molecule has 1 aliphatic rings. The maximum Gasteiger partial charge on any atom is 0.311 e. The van der Waals surface area contributed by atoms with Crippen molar-refractivity contribution >= 4 is 28.4 Å². The fourth-order valence-electron chi connectivity index (χ4n) is 3.43.